The molecule has 1 fully saturated rings. The molecule has 140 valence electrons. The number of carbonyl (C=O) groups excluding carboxylic acids is 1. The fourth-order valence-electron chi connectivity index (χ4n) is 3.34. The molecule has 1 aliphatic heterocycles. The van der Waals surface area contributed by atoms with Crippen LogP contribution in [-0.2, 0) is 11.2 Å². The molecule has 5 nitrogen and oxygen atoms in total. The molecule has 25 heavy (non-hydrogen) atoms. The predicted octanol–water partition coefficient (Wildman–Crippen LogP) is 2.72. The molecule has 2 atom stereocenters. The van der Waals surface area contributed by atoms with Crippen molar-refractivity contribution in [2.45, 2.75) is 58.8 Å². The summed E-state index contributed by atoms with van der Waals surface area (Å²) in [4.78, 5) is 14.5. The quantitative estimate of drug-likeness (QED) is 0.832. The Morgan fingerprint density at radius 2 is 1.84 bits per heavy atom. The van der Waals surface area contributed by atoms with Crippen LogP contribution in [0.5, 0.6) is 0 Å². The number of nitrogens with one attached hydrogen (secondary N) is 2. The molecular weight excluding hydrogens is 314 g/mol. The van der Waals surface area contributed by atoms with Crippen LogP contribution in [0.2, 0.25) is 0 Å². The molecule has 0 aromatic heterocycles. The van der Waals surface area contributed by atoms with Crippen LogP contribution in [0.4, 0.5) is 4.79 Å². The highest BCUT2D eigenvalue weighted by atomic mass is 16.5. The van der Waals surface area contributed by atoms with Crippen molar-refractivity contribution < 1.29 is 9.53 Å². The first-order valence-electron chi connectivity index (χ1n) is 9.24. The summed E-state index contributed by atoms with van der Waals surface area (Å²) in [5.41, 5.74) is 2.44. The van der Waals surface area contributed by atoms with Gasteiger partial charge in [0.1, 0.15) is 0 Å². The van der Waals surface area contributed by atoms with Gasteiger partial charge in [0.2, 0.25) is 0 Å². The molecule has 1 heterocycles. The largest absolute Gasteiger partial charge is 0.373 e. The minimum Gasteiger partial charge on any atom is -0.373 e. The molecule has 1 aliphatic rings. The number of rotatable bonds is 6. The van der Waals surface area contributed by atoms with Crippen LogP contribution in [0.1, 0.15) is 38.8 Å². The van der Waals surface area contributed by atoms with Crippen molar-refractivity contribution in [3.05, 3.63) is 35.4 Å². The molecule has 1 saturated heterocycles. The van der Waals surface area contributed by atoms with Crippen LogP contribution < -0.4 is 10.6 Å². The minimum absolute atomic E-state index is 0.0976. The summed E-state index contributed by atoms with van der Waals surface area (Å²) in [7, 11) is 0. The van der Waals surface area contributed by atoms with Crippen LogP contribution in [0.15, 0.2) is 24.3 Å². The maximum Gasteiger partial charge on any atom is 0.314 e. The SMILES string of the molecule is Cc1ccccc1CCNC(=O)NCC(C)(C)N1C[C@@H](C)O[C@@H](C)C1. The fourth-order valence-corrected chi connectivity index (χ4v) is 3.34. The summed E-state index contributed by atoms with van der Waals surface area (Å²) in [5.74, 6) is 0. The fraction of sp³-hybridized carbons (Fsp3) is 0.650. The molecule has 5 heteroatoms. The topological polar surface area (TPSA) is 53.6 Å². The molecule has 2 amide bonds. The molecule has 0 saturated carbocycles. The van der Waals surface area contributed by atoms with Gasteiger partial charge in [-0.3, -0.25) is 4.90 Å². The van der Waals surface area contributed by atoms with E-state index in [0.29, 0.717) is 13.1 Å². The Hall–Kier alpha value is -1.59. The lowest BCUT2D eigenvalue weighted by Crippen LogP contribution is -2.59. The summed E-state index contributed by atoms with van der Waals surface area (Å²) >= 11 is 0. The van der Waals surface area contributed by atoms with Gasteiger partial charge in [0.25, 0.3) is 0 Å². The zero-order valence-corrected chi connectivity index (χ0v) is 16.3. The Balaban J connectivity index is 1.74. The molecule has 0 unspecified atom stereocenters. The van der Waals surface area contributed by atoms with E-state index in [0.717, 1.165) is 19.5 Å². The van der Waals surface area contributed by atoms with E-state index in [-0.39, 0.29) is 23.8 Å². The molecule has 0 radical (unpaired) electrons. The van der Waals surface area contributed by atoms with Crippen molar-refractivity contribution in [1.29, 1.82) is 0 Å². The lowest BCUT2D eigenvalue weighted by molar-refractivity contribution is -0.0947. The van der Waals surface area contributed by atoms with Gasteiger partial charge in [-0.25, -0.2) is 4.79 Å². The second-order valence-corrected chi connectivity index (χ2v) is 7.76. The Labute approximate surface area is 152 Å². The Morgan fingerprint density at radius 3 is 2.48 bits per heavy atom. The number of nitrogens with zero attached hydrogens (tertiary/aromatic N) is 1. The Bertz CT molecular complexity index is 564. The minimum atomic E-state index is -0.101. The molecule has 2 rings (SSSR count). The van der Waals surface area contributed by atoms with Gasteiger partial charge in [0.15, 0.2) is 0 Å². The van der Waals surface area contributed by atoms with Gasteiger partial charge in [0.05, 0.1) is 12.2 Å². The molecule has 2 N–H and O–H groups in total. The maximum absolute atomic E-state index is 12.1. The van der Waals surface area contributed by atoms with Crippen molar-refractivity contribution in [3.8, 4) is 0 Å². The van der Waals surface area contributed by atoms with E-state index in [1.807, 2.05) is 12.1 Å². The number of ether oxygens (including phenoxy) is 1. The van der Waals surface area contributed by atoms with Crippen LogP contribution in [0, 0.1) is 6.92 Å². The predicted molar refractivity (Wildman–Crippen MR) is 102 cm³/mol. The first-order valence-corrected chi connectivity index (χ1v) is 9.24. The average Bonchev–Trinajstić information content (AvgIpc) is 2.54. The van der Waals surface area contributed by atoms with Crippen molar-refractivity contribution in [1.82, 2.24) is 15.5 Å². The van der Waals surface area contributed by atoms with Crippen LogP contribution >= 0.6 is 0 Å². The molecule has 1 aromatic carbocycles. The number of urea groups is 1. The van der Waals surface area contributed by atoms with Crippen LogP contribution in [0.3, 0.4) is 0 Å². The first-order chi connectivity index (χ1) is 11.8. The van der Waals surface area contributed by atoms with Gasteiger partial charge in [-0.05, 0) is 52.2 Å². The Morgan fingerprint density at radius 1 is 1.20 bits per heavy atom. The van der Waals surface area contributed by atoms with Crippen molar-refractivity contribution in [3.63, 3.8) is 0 Å². The number of benzene rings is 1. The average molecular weight is 348 g/mol. The highest BCUT2D eigenvalue weighted by Gasteiger charge is 2.33. The van der Waals surface area contributed by atoms with E-state index < -0.39 is 0 Å². The Kier molecular flexibility index (Phi) is 6.85. The van der Waals surface area contributed by atoms with E-state index in [4.69, 9.17) is 4.74 Å². The van der Waals surface area contributed by atoms with E-state index in [1.54, 1.807) is 0 Å². The number of hydrogen-bond donors (Lipinski definition) is 2. The maximum atomic E-state index is 12.1. The second-order valence-electron chi connectivity index (χ2n) is 7.76. The van der Waals surface area contributed by atoms with E-state index in [1.165, 1.54) is 11.1 Å². The zero-order valence-electron chi connectivity index (χ0n) is 16.3. The van der Waals surface area contributed by atoms with E-state index in [9.17, 15) is 4.79 Å². The highest BCUT2D eigenvalue weighted by molar-refractivity contribution is 5.73. The molecule has 0 bridgehead atoms. The lowest BCUT2D eigenvalue weighted by atomic mass is 10.00. The highest BCUT2D eigenvalue weighted by Crippen LogP contribution is 2.20. The van der Waals surface area contributed by atoms with Gasteiger partial charge in [-0.2, -0.15) is 0 Å². The number of hydrogen-bond acceptors (Lipinski definition) is 3. The van der Waals surface area contributed by atoms with Gasteiger partial charge in [-0.15, -0.1) is 0 Å². The van der Waals surface area contributed by atoms with Crippen molar-refractivity contribution in [2.75, 3.05) is 26.2 Å². The third-order valence-corrected chi connectivity index (χ3v) is 4.90. The summed E-state index contributed by atoms with van der Waals surface area (Å²) < 4.78 is 5.80. The van der Waals surface area contributed by atoms with E-state index >= 15 is 0 Å². The normalized spacial score (nSPS) is 21.8. The van der Waals surface area contributed by atoms with Gasteiger partial charge in [0, 0.05) is 31.7 Å². The second kappa shape index (κ2) is 8.68. The zero-order chi connectivity index (χ0) is 18.4. The summed E-state index contributed by atoms with van der Waals surface area (Å²) in [6.45, 7) is 13.7. The van der Waals surface area contributed by atoms with Gasteiger partial charge >= 0.3 is 6.03 Å². The summed E-state index contributed by atoms with van der Waals surface area (Å²) in [6.07, 6.45) is 1.30. The number of morpholine rings is 1. The van der Waals surface area contributed by atoms with Crippen molar-refractivity contribution in [2.24, 2.45) is 0 Å². The molecule has 0 aliphatic carbocycles. The standard InChI is InChI=1S/C20H33N3O2/c1-15-8-6-7-9-18(15)10-11-21-19(24)22-14-20(4,5)23-12-16(2)25-17(3)13-23/h6-9,16-17H,10-14H2,1-5H3,(H2,21,22,24)/t16-,17+. The summed E-state index contributed by atoms with van der Waals surface area (Å²) in [5, 5.41) is 5.98. The summed E-state index contributed by atoms with van der Waals surface area (Å²) in [6, 6.07) is 8.18. The van der Waals surface area contributed by atoms with Crippen LogP contribution in [-0.4, -0.2) is 54.9 Å². The van der Waals surface area contributed by atoms with Crippen LogP contribution in [0.25, 0.3) is 0 Å². The smallest absolute Gasteiger partial charge is 0.314 e. The van der Waals surface area contributed by atoms with Gasteiger partial charge in [-0.1, -0.05) is 24.3 Å². The molecule has 1 aromatic rings. The molecular formula is C20H33N3O2. The number of amides is 2. The number of carbonyl (C=O) groups is 1. The first kappa shape index (κ1) is 19.7. The third-order valence-electron chi connectivity index (χ3n) is 4.90. The van der Waals surface area contributed by atoms with Crippen molar-refractivity contribution >= 4 is 6.03 Å². The van der Waals surface area contributed by atoms with Gasteiger partial charge < -0.3 is 15.4 Å². The lowest BCUT2D eigenvalue weighted by Gasteiger charge is -2.45. The monoisotopic (exact) mass is 347 g/mol. The number of aryl methyl sites for hydroxylation is 1. The van der Waals surface area contributed by atoms with E-state index in [2.05, 4.69) is 62.3 Å². The third kappa shape index (κ3) is 6.01. The molecule has 0 spiro atoms.